The molecule has 2 aromatic rings. The highest BCUT2D eigenvalue weighted by molar-refractivity contribution is 9.11. The number of carboxylic acids is 2. The summed E-state index contributed by atoms with van der Waals surface area (Å²) in [5.41, 5.74) is 2.13. The maximum atomic E-state index is 11.5. The maximum absolute atomic E-state index is 11.5. The predicted molar refractivity (Wildman–Crippen MR) is 159 cm³/mol. The van der Waals surface area contributed by atoms with Crippen molar-refractivity contribution in [3.8, 4) is 11.5 Å². The molecule has 0 aliphatic rings. The van der Waals surface area contributed by atoms with Crippen molar-refractivity contribution in [2.45, 2.75) is 57.2 Å². The molecular weight excluding hydrogens is 740 g/mol. The van der Waals surface area contributed by atoms with Crippen LogP contribution in [0, 0.1) is 0 Å². The number of carbonyl (C=O) groups is 2. The van der Waals surface area contributed by atoms with Crippen molar-refractivity contribution in [1.29, 1.82) is 0 Å². The van der Waals surface area contributed by atoms with Crippen molar-refractivity contribution in [3.63, 3.8) is 0 Å². The summed E-state index contributed by atoms with van der Waals surface area (Å²) >= 11 is 14.0. The van der Waals surface area contributed by atoms with E-state index in [1.807, 2.05) is 24.3 Å². The second-order valence-electron chi connectivity index (χ2n) is 8.25. The van der Waals surface area contributed by atoms with Crippen molar-refractivity contribution in [3.05, 3.63) is 78.6 Å². The van der Waals surface area contributed by atoms with E-state index < -0.39 is 24.1 Å². The van der Waals surface area contributed by atoms with Gasteiger partial charge in [0.2, 0.25) is 0 Å². The first-order valence-electron chi connectivity index (χ1n) is 11.5. The Morgan fingerprint density at radius 3 is 1.32 bits per heavy atom. The summed E-state index contributed by atoms with van der Waals surface area (Å²) < 4.78 is 14.2. The monoisotopic (exact) mass is 764 g/mol. The second kappa shape index (κ2) is 15.7. The number of carboxylic acid groups (broad SMARTS) is 2. The van der Waals surface area contributed by atoms with E-state index in [9.17, 15) is 19.8 Å². The number of allylic oxidation sites excluding steroid dienone is 2. The first kappa shape index (κ1) is 31.6. The second-order valence-corrected chi connectivity index (χ2v) is 11.7. The minimum Gasteiger partial charge on any atom is -0.479 e. The molecule has 0 spiro atoms. The van der Waals surface area contributed by atoms with Gasteiger partial charge in [0.1, 0.15) is 11.5 Å². The fourth-order valence-electron chi connectivity index (χ4n) is 3.52. The zero-order valence-corrected chi connectivity index (χ0v) is 26.4. The Bertz CT molecular complexity index is 1000. The molecule has 0 radical (unpaired) electrons. The summed E-state index contributed by atoms with van der Waals surface area (Å²) in [5.74, 6) is -1.13. The highest BCUT2D eigenvalue weighted by atomic mass is 79.9. The maximum Gasteiger partial charge on any atom is 0.344 e. The SMILES string of the molecule is C=CCCC(Oc1c(Br)cc(CCCc2cc(Br)c(OC(CCC=C)C(=O)O)c(Br)c2)cc1Br)C(=O)O. The van der Waals surface area contributed by atoms with Crippen LogP contribution in [0.5, 0.6) is 11.5 Å². The average Bonchev–Trinajstić information content (AvgIpc) is 2.82. The van der Waals surface area contributed by atoms with Gasteiger partial charge in [-0.15, -0.1) is 13.2 Å². The largest absolute Gasteiger partial charge is 0.479 e. The van der Waals surface area contributed by atoms with Gasteiger partial charge in [0.25, 0.3) is 0 Å². The number of benzene rings is 2. The number of rotatable bonds is 16. The van der Waals surface area contributed by atoms with E-state index in [1.165, 1.54) is 0 Å². The van der Waals surface area contributed by atoms with Crippen LogP contribution >= 0.6 is 63.7 Å². The molecule has 0 saturated heterocycles. The number of aryl methyl sites for hydroxylation is 2. The van der Waals surface area contributed by atoms with E-state index in [0.717, 1.165) is 30.4 Å². The Morgan fingerprint density at radius 2 is 1.05 bits per heavy atom. The Morgan fingerprint density at radius 1 is 0.730 bits per heavy atom. The standard InChI is InChI=1S/C27H28Br4O6/c1-3-5-10-22(26(32)33)36-24-18(28)12-16(13-19(24)29)8-7-9-17-14-20(30)25(21(31)15-17)37-23(27(34)35)11-6-4-2/h3-4,12-15,22-23H,1-2,5-11H2,(H,32,33)(H,34,35). The van der Waals surface area contributed by atoms with Crippen LogP contribution in [0.15, 0.2) is 67.5 Å². The molecule has 0 amide bonds. The van der Waals surface area contributed by atoms with E-state index >= 15 is 0 Å². The molecule has 0 aromatic heterocycles. The summed E-state index contributed by atoms with van der Waals surface area (Å²) in [5, 5.41) is 18.9. The average molecular weight is 768 g/mol. The van der Waals surface area contributed by atoms with Gasteiger partial charge in [-0.3, -0.25) is 0 Å². The van der Waals surface area contributed by atoms with E-state index in [1.54, 1.807) is 12.2 Å². The van der Waals surface area contributed by atoms with Crippen LogP contribution < -0.4 is 9.47 Å². The van der Waals surface area contributed by atoms with Gasteiger partial charge in [0.05, 0.1) is 17.9 Å². The normalized spacial score (nSPS) is 12.4. The lowest BCUT2D eigenvalue weighted by Gasteiger charge is -2.18. The van der Waals surface area contributed by atoms with E-state index in [-0.39, 0.29) is 0 Å². The lowest BCUT2D eigenvalue weighted by molar-refractivity contribution is -0.146. The molecule has 2 rings (SSSR count). The smallest absolute Gasteiger partial charge is 0.344 e. The van der Waals surface area contributed by atoms with Crippen molar-refractivity contribution in [2.75, 3.05) is 0 Å². The number of halogens is 4. The molecule has 0 bridgehead atoms. The van der Waals surface area contributed by atoms with Gasteiger partial charge in [-0.1, -0.05) is 12.2 Å². The first-order chi connectivity index (χ1) is 17.6. The topological polar surface area (TPSA) is 93.1 Å². The zero-order chi connectivity index (χ0) is 27.5. The fraction of sp³-hybridized carbons (Fsp3) is 0.333. The van der Waals surface area contributed by atoms with Crippen LogP contribution in [-0.4, -0.2) is 34.4 Å². The lowest BCUT2D eigenvalue weighted by atomic mass is 10.0. The van der Waals surface area contributed by atoms with Crippen molar-refractivity contribution >= 4 is 75.7 Å². The highest BCUT2D eigenvalue weighted by Crippen LogP contribution is 2.38. The molecule has 6 nitrogen and oxygen atoms in total. The molecule has 0 aliphatic heterocycles. The van der Waals surface area contributed by atoms with Crippen LogP contribution in [0.1, 0.15) is 43.2 Å². The Hall–Kier alpha value is -1.62. The van der Waals surface area contributed by atoms with Gasteiger partial charge in [-0.05, 0) is 144 Å². The molecule has 10 heteroatoms. The van der Waals surface area contributed by atoms with E-state index in [0.29, 0.717) is 55.1 Å². The highest BCUT2D eigenvalue weighted by Gasteiger charge is 2.23. The quantitative estimate of drug-likeness (QED) is 0.167. The van der Waals surface area contributed by atoms with Gasteiger partial charge in [-0.2, -0.15) is 0 Å². The molecule has 0 aliphatic carbocycles. The number of aliphatic carboxylic acids is 2. The third-order valence-electron chi connectivity index (χ3n) is 5.38. The van der Waals surface area contributed by atoms with Crippen LogP contribution in [0.4, 0.5) is 0 Å². The number of ether oxygens (including phenoxy) is 2. The minimum absolute atomic E-state index is 0.334. The van der Waals surface area contributed by atoms with Gasteiger partial charge in [0.15, 0.2) is 12.2 Å². The molecule has 0 heterocycles. The number of hydrogen-bond acceptors (Lipinski definition) is 4. The molecule has 0 fully saturated rings. The Balaban J connectivity index is 2.05. The number of hydrogen-bond donors (Lipinski definition) is 2. The van der Waals surface area contributed by atoms with Crippen LogP contribution in [0.3, 0.4) is 0 Å². The molecule has 2 N–H and O–H groups in total. The zero-order valence-electron chi connectivity index (χ0n) is 20.0. The molecule has 2 aromatic carbocycles. The minimum atomic E-state index is -1.02. The summed E-state index contributed by atoms with van der Waals surface area (Å²) in [4.78, 5) is 23.1. The van der Waals surface area contributed by atoms with Gasteiger partial charge in [-0.25, -0.2) is 9.59 Å². The van der Waals surface area contributed by atoms with Crippen molar-refractivity contribution in [2.24, 2.45) is 0 Å². The molecule has 2 unspecified atom stereocenters. The summed E-state index contributed by atoms with van der Waals surface area (Å²) in [6.07, 6.45) is 5.58. The fourth-order valence-corrected chi connectivity index (χ4v) is 6.46. The molecule has 37 heavy (non-hydrogen) atoms. The van der Waals surface area contributed by atoms with Gasteiger partial charge >= 0.3 is 11.9 Å². The molecule has 200 valence electrons. The van der Waals surface area contributed by atoms with Crippen molar-refractivity contribution < 1.29 is 29.3 Å². The third-order valence-corrected chi connectivity index (χ3v) is 7.74. The summed E-state index contributed by atoms with van der Waals surface area (Å²) in [6.45, 7) is 7.27. The summed E-state index contributed by atoms with van der Waals surface area (Å²) in [6, 6.07) is 7.74. The van der Waals surface area contributed by atoms with Gasteiger partial charge in [0, 0.05) is 0 Å². The van der Waals surface area contributed by atoms with Gasteiger partial charge < -0.3 is 19.7 Å². The molecule has 2 atom stereocenters. The van der Waals surface area contributed by atoms with E-state index in [2.05, 4.69) is 76.9 Å². The molecule has 0 saturated carbocycles. The van der Waals surface area contributed by atoms with E-state index in [4.69, 9.17) is 9.47 Å². The lowest BCUT2D eigenvalue weighted by Crippen LogP contribution is -2.27. The first-order valence-corrected chi connectivity index (χ1v) is 14.7. The van der Waals surface area contributed by atoms with Crippen molar-refractivity contribution in [1.82, 2.24) is 0 Å². The summed E-state index contributed by atoms with van der Waals surface area (Å²) in [7, 11) is 0. The van der Waals surface area contributed by atoms with Crippen LogP contribution in [0.25, 0.3) is 0 Å². The van der Waals surface area contributed by atoms with Crippen LogP contribution in [0.2, 0.25) is 0 Å². The van der Waals surface area contributed by atoms with Crippen LogP contribution in [-0.2, 0) is 22.4 Å². The Labute approximate surface area is 250 Å². The Kier molecular flexibility index (Phi) is 13.4. The third kappa shape index (κ3) is 9.89. The molecular formula is C27H28Br4O6. The predicted octanol–water partition coefficient (Wildman–Crippen LogP) is 8.51.